The van der Waals surface area contributed by atoms with Crippen molar-refractivity contribution in [1.82, 2.24) is 15.1 Å². The van der Waals surface area contributed by atoms with Gasteiger partial charge < -0.3 is 20.2 Å². The highest BCUT2D eigenvalue weighted by Gasteiger charge is 2.46. The summed E-state index contributed by atoms with van der Waals surface area (Å²) in [6.45, 7) is 3.70. The second-order valence-electron chi connectivity index (χ2n) is 4.01. The van der Waals surface area contributed by atoms with Crippen LogP contribution < -0.4 is 5.32 Å². The Bertz CT molecular complexity index is 294. The van der Waals surface area contributed by atoms with Gasteiger partial charge in [0.1, 0.15) is 0 Å². The molecule has 1 atom stereocenters. The van der Waals surface area contributed by atoms with Gasteiger partial charge in [0, 0.05) is 26.2 Å². The predicted octanol–water partition coefficient (Wildman–Crippen LogP) is -0.236. The van der Waals surface area contributed by atoms with Crippen molar-refractivity contribution in [3.8, 4) is 0 Å². The molecule has 2 saturated heterocycles. The predicted molar refractivity (Wildman–Crippen MR) is 48.1 cm³/mol. The molecule has 2 aliphatic rings. The normalized spacial score (nSPS) is 31.4. The number of hydrogen-bond donors (Lipinski definition) is 2. The van der Waals surface area contributed by atoms with Crippen LogP contribution in [0.1, 0.15) is 6.92 Å². The highest BCUT2D eigenvalue weighted by molar-refractivity contribution is 5.78. The van der Waals surface area contributed by atoms with Crippen LogP contribution in [0, 0.1) is 0 Å². The number of nitrogens with one attached hydrogen (secondary N) is 1. The summed E-state index contributed by atoms with van der Waals surface area (Å²) in [5, 5.41) is 11.6. The van der Waals surface area contributed by atoms with Crippen molar-refractivity contribution < 1.29 is 14.7 Å². The Morgan fingerprint density at radius 1 is 1.57 bits per heavy atom. The van der Waals surface area contributed by atoms with Crippen molar-refractivity contribution in [2.75, 3.05) is 26.2 Å². The van der Waals surface area contributed by atoms with E-state index in [0.29, 0.717) is 26.2 Å². The number of amides is 3. The number of carbonyl (C=O) groups excluding carboxylic acids is 1. The maximum atomic E-state index is 11.3. The molecule has 2 fully saturated rings. The lowest BCUT2D eigenvalue weighted by Gasteiger charge is -2.42. The lowest BCUT2D eigenvalue weighted by atomic mass is 9.99. The number of hydrogen-bond acceptors (Lipinski definition) is 2. The summed E-state index contributed by atoms with van der Waals surface area (Å²) in [6, 6.07) is -0.0856. The Hall–Kier alpha value is -1.46. The molecule has 78 valence electrons. The zero-order valence-corrected chi connectivity index (χ0v) is 7.99. The van der Waals surface area contributed by atoms with E-state index < -0.39 is 6.09 Å². The molecule has 14 heavy (non-hydrogen) atoms. The molecule has 6 heteroatoms. The Labute approximate surface area is 81.5 Å². The molecule has 0 radical (unpaired) electrons. The fourth-order valence-corrected chi connectivity index (χ4v) is 2.09. The monoisotopic (exact) mass is 199 g/mol. The third kappa shape index (κ3) is 1.18. The maximum absolute atomic E-state index is 11.3. The van der Waals surface area contributed by atoms with Crippen molar-refractivity contribution in [2.45, 2.75) is 12.5 Å². The van der Waals surface area contributed by atoms with E-state index in [4.69, 9.17) is 5.11 Å². The van der Waals surface area contributed by atoms with Crippen LogP contribution in [0.4, 0.5) is 9.59 Å². The fourth-order valence-electron chi connectivity index (χ4n) is 2.09. The molecule has 0 aromatic carbocycles. The Morgan fingerprint density at radius 2 is 2.29 bits per heavy atom. The third-order valence-corrected chi connectivity index (χ3v) is 2.91. The lowest BCUT2D eigenvalue weighted by molar-refractivity contribution is 0.0612. The molecule has 2 N–H and O–H groups in total. The van der Waals surface area contributed by atoms with Gasteiger partial charge in [-0.25, -0.2) is 9.59 Å². The molecule has 0 aromatic rings. The zero-order valence-electron chi connectivity index (χ0n) is 7.99. The average molecular weight is 199 g/mol. The molecule has 0 saturated carbocycles. The van der Waals surface area contributed by atoms with E-state index in [2.05, 4.69) is 5.32 Å². The van der Waals surface area contributed by atoms with E-state index in [1.807, 2.05) is 6.92 Å². The minimum Gasteiger partial charge on any atom is -0.465 e. The Morgan fingerprint density at radius 3 is 2.93 bits per heavy atom. The van der Waals surface area contributed by atoms with Gasteiger partial charge >= 0.3 is 12.1 Å². The van der Waals surface area contributed by atoms with Gasteiger partial charge in [-0.15, -0.1) is 0 Å². The van der Waals surface area contributed by atoms with E-state index >= 15 is 0 Å². The highest BCUT2D eigenvalue weighted by Crippen LogP contribution is 2.24. The first kappa shape index (κ1) is 9.11. The summed E-state index contributed by atoms with van der Waals surface area (Å²) >= 11 is 0. The second-order valence-corrected chi connectivity index (χ2v) is 4.01. The summed E-state index contributed by atoms with van der Waals surface area (Å²) in [5.41, 5.74) is -0.367. The molecule has 0 aliphatic carbocycles. The Kier molecular flexibility index (Phi) is 1.80. The van der Waals surface area contributed by atoms with Gasteiger partial charge in [-0.3, -0.25) is 0 Å². The van der Waals surface area contributed by atoms with Crippen LogP contribution in [0.25, 0.3) is 0 Å². The number of rotatable bonds is 0. The first-order valence-electron chi connectivity index (χ1n) is 4.56. The minimum atomic E-state index is -0.912. The molecule has 0 bridgehead atoms. The number of fused-ring (bicyclic) bond motifs is 1. The topological polar surface area (TPSA) is 72.9 Å². The van der Waals surface area contributed by atoms with Crippen LogP contribution in [-0.2, 0) is 0 Å². The molecule has 0 aromatic heterocycles. The molecule has 2 heterocycles. The summed E-state index contributed by atoms with van der Waals surface area (Å²) in [4.78, 5) is 25.2. The zero-order chi connectivity index (χ0) is 10.3. The minimum absolute atomic E-state index is 0.0856. The molecular weight excluding hydrogens is 186 g/mol. The van der Waals surface area contributed by atoms with Crippen LogP contribution in [0.2, 0.25) is 0 Å². The van der Waals surface area contributed by atoms with E-state index in [-0.39, 0.29) is 11.6 Å². The summed E-state index contributed by atoms with van der Waals surface area (Å²) in [7, 11) is 0. The fraction of sp³-hybridized carbons (Fsp3) is 0.750. The van der Waals surface area contributed by atoms with E-state index in [0.717, 1.165) is 0 Å². The van der Waals surface area contributed by atoms with Crippen LogP contribution in [0.3, 0.4) is 0 Å². The second kappa shape index (κ2) is 2.76. The molecule has 1 unspecified atom stereocenters. The standard InChI is InChI=1S/C8H13N3O3/c1-8-4-9-6(12)11(8)3-2-10(5-8)7(13)14/h2-5H2,1H3,(H,9,12)(H,13,14). The summed E-state index contributed by atoms with van der Waals surface area (Å²) in [5.74, 6) is 0. The van der Waals surface area contributed by atoms with Crippen LogP contribution in [0.15, 0.2) is 0 Å². The van der Waals surface area contributed by atoms with Crippen molar-refractivity contribution in [3.63, 3.8) is 0 Å². The molecule has 2 aliphatic heterocycles. The van der Waals surface area contributed by atoms with Gasteiger partial charge in [-0.1, -0.05) is 0 Å². The molecule has 3 amide bonds. The van der Waals surface area contributed by atoms with Gasteiger partial charge in [0.05, 0.1) is 5.54 Å². The van der Waals surface area contributed by atoms with Gasteiger partial charge in [0.2, 0.25) is 0 Å². The molecule has 6 nitrogen and oxygen atoms in total. The smallest absolute Gasteiger partial charge is 0.407 e. The summed E-state index contributed by atoms with van der Waals surface area (Å²) in [6.07, 6.45) is -0.912. The summed E-state index contributed by atoms with van der Waals surface area (Å²) < 4.78 is 0. The number of carbonyl (C=O) groups is 2. The van der Waals surface area contributed by atoms with Gasteiger partial charge in [0.15, 0.2) is 0 Å². The van der Waals surface area contributed by atoms with Crippen molar-refractivity contribution in [2.24, 2.45) is 0 Å². The van der Waals surface area contributed by atoms with Crippen LogP contribution >= 0.6 is 0 Å². The maximum Gasteiger partial charge on any atom is 0.407 e. The highest BCUT2D eigenvalue weighted by atomic mass is 16.4. The lowest BCUT2D eigenvalue weighted by Crippen LogP contribution is -2.60. The van der Waals surface area contributed by atoms with E-state index in [1.54, 1.807) is 4.90 Å². The van der Waals surface area contributed by atoms with Gasteiger partial charge in [-0.05, 0) is 6.92 Å². The molecule has 0 spiro atoms. The van der Waals surface area contributed by atoms with E-state index in [9.17, 15) is 9.59 Å². The van der Waals surface area contributed by atoms with Crippen molar-refractivity contribution >= 4 is 12.1 Å². The third-order valence-electron chi connectivity index (χ3n) is 2.91. The van der Waals surface area contributed by atoms with Crippen LogP contribution in [0.5, 0.6) is 0 Å². The molecular formula is C8H13N3O3. The number of urea groups is 1. The SMILES string of the molecule is CC12CNC(=O)N1CCN(C(=O)O)C2. The van der Waals surface area contributed by atoms with Gasteiger partial charge in [0.25, 0.3) is 0 Å². The largest absolute Gasteiger partial charge is 0.465 e. The van der Waals surface area contributed by atoms with Gasteiger partial charge in [-0.2, -0.15) is 0 Å². The van der Waals surface area contributed by atoms with Crippen LogP contribution in [-0.4, -0.2) is 58.7 Å². The Balaban J connectivity index is 2.15. The van der Waals surface area contributed by atoms with E-state index in [1.165, 1.54) is 4.90 Å². The number of piperazine rings is 1. The molecule has 2 rings (SSSR count). The van der Waals surface area contributed by atoms with Crippen molar-refractivity contribution in [3.05, 3.63) is 0 Å². The van der Waals surface area contributed by atoms with Crippen molar-refractivity contribution in [1.29, 1.82) is 0 Å². The first-order valence-corrected chi connectivity index (χ1v) is 4.56. The number of nitrogens with zero attached hydrogens (tertiary/aromatic N) is 2. The first-order chi connectivity index (χ1) is 6.53. The number of carboxylic acid groups (broad SMARTS) is 1. The quantitative estimate of drug-likeness (QED) is 0.565. The average Bonchev–Trinajstić information content (AvgIpc) is 2.42.